The summed E-state index contributed by atoms with van der Waals surface area (Å²) in [6, 6.07) is 23.7. The zero-order valence-electron chi connectivity index (χ0n) is 21.9. The summed E-state index contributed by atoms with van der Waals surface area (Å²) in [5.41, 5.74) is 4.65. The lowest BCUT2D eigenvalue weighted by atomic mass is 9.99. The van der Waals surface area contributed by atoms with Crippen molar-refractivity contribution in [2.75, 3.05) is 24.3 Å². The molecule has 1 amide bonds. The molecule has 8 nitrogen and oxygen atoms in total. The second kappa shape index (κ2) is 11.2. The van der Waals surface area contributed by atoms with E-state index in [1.807, 2.05) is 54.6 Å². The molecule has 2 N–H and O–H groups in total. The molecule has 0 radical (unpaired) electrons. The Morgan fingerprint density at radius 3 is 2.23 bits per heavy atom. The molecule has 0 aliphatic rings. The van der Waals surface area contributed by atoms with E-state index in [4.69, 9.17) is 9.15 Å². The molecule has 2 heterocycles. The van der Waals surface area contributed by atoms with Crippen LogP contribution in [0.1, 0.15) is 34.6 Å². The van der Waals surface area contributed by atoms with Gasteiger partial charge in [0, 0.05) is 28.9 Å². The van der Waals surface area contributed by atoms with Crippen molar-refractivity contribution in [3.63, 3.8) is 0 Å². The van der Waals surface area contributed by atoms with Crippen molar-refractivity contribution in [3.05, 3.63) is 96.3 Å². The largest absolute Gasteiger partial charge is 0.465 e. The number of fused-ring (bicyclic) bond motifs is 1. The Morgan fingerprint density at radius 1 is 0.872 bits per heavy atom. The van der Waals surface area contributed by atoms with Crippen LogP contribution in [0.2, 0.25) is 0 Å². The summed E-state index contributed by atoms with van der Waals surface area (Å²) in [6.07, 6.45) is 1.50. The molecule has 0 atom stereocenters. The van der Waals surface area contributed by atoms with Gasteiger partial charge in [-0.05, 0) is 60.0 Å². The van der Waals surface area contributed by atoms with Crippen LogP contribution < -0.4 is 10.6 Å². The van der Waals surface area contributed by atoms with Crippen LogP contribution in [0, 0.1) is 5.92 Å². The molecule has 0 unspecified atom stereocenters. The summed E-state index contributed by atoms with van der Waals surface area (Å²) < 4.78 is 11.0. The Bertz CT molecular complexity index is 1610. The molecule has 8 heteroatoms. The van der Waals surface area contributed by atoms with Crippen molar-refractivity contribution in [1.29, 1.82) is 0 Å². The lowest BCUT2D eigenvalue weighted by Crippen LogP contribution is -2.12. The van der Waals surface area contributed by atoms with Crippen molar-refractivity contribution in [3.8, 4) is 22.5 Å². The number of esters is 1. The van der Waals surface area contributed by atoms with Gasteiger partial charge in [0.15, 0.2) is 0 Å². The molecule has 196 valence electrons. The van der Waals surface area contributed by atoms with Crippen LogP contribution in [0.5, 0.6) is 0 Å². The number of nitrogens with zero attached hydrogens (tertiary/aromatic N) is 2. The Labute approximate surface area is 226 Å². The first-order chi connectivity index (χ1) is 18.9. The van der Waals surface area contributed by atoms with E-state index in [0.29, 0.717) is 34.2 Å². The van der Waals surface area contributed by atoms with Gasteiger partial charge in [-0.1, -0.05) is 44.2 Å². The summed E-state index contributed by atoms with van der Waals surface area (Å²) in [5.74, 6) is 1.09. The van der Waals surface area contributed by atoms with Gasteiger partial charge in [0.25, 0.3) is 5.91 Å². The summed E-state index contributed by atoms with van der Waals surface area (Å²) in [7, 11) is 1.32. The van der Waals surface area contributed by atoms with Gasteiger partial charge in [-0.2, -0.15) is 0 Å². The fourth-order valence-electron chi connectivity index (χ4n) is 4.24. The van der Waals surface area contributed by atoms with Crippen molar-refractivity contribution in [1.82, 2.24) is 9.97 Å². The number of aromatic nitrogens is 2. The van der Waals surface area contributed by atoms with Crippen LogP contribution >= 0.6 is 0 Å². The fourth-order valence-corrected chi connectivity index (χ4v) is 4.24. The van der Waals surface area contributed by atoms with Gasteiger partial charge in [-0.25, -0.2) is 14.8 Å². The number of anilines is 2. The van der Waals surface area contributed by atoms with E-state index in [9.17, 15) is 9.59 Å². The van der Waals surface area contributed by atoms with Gasteiger partial charge in [0.2, 0.25) is 5.71 Å². The average molecular weight is 521 g/mol. The highest BCUT2D eigenvalue weighted by Gasteiger charge is 2.22. The van der Waals surface area contributed by atoms with Crippen LogP contribution in [-0.2, 0) is 4.74 Å². The standard InChI is InChI=1S/C31H28N4O4/c1-19(2)17-32-28-26-25(20-7-5-4-6-8-20)27(39-30(26)34-18-33-28)21-13-15-24(16-14-21)35-29(36)22-9-11-23(12-10-22)31(37)38-3/h4-16,18-19H,17H2,1-3H3,(H,35,36)(H,32,33,34). The van der Waals surface area contributed by atoms with E-state index in [-0.39, 0.29) is 5.91 Å². The van der Waals surface area contributed by atoms with Gasteiger partial charge in [0.05, 0.1) is 18.1 Å². The Balaban J connectivity index is 1.46. The van der Waals surface area contributed by atoms with Gasteiger partial charge >= 0.3 is 5.97 Å². The molecule has 0 saturated heterocycles. The van der Waals surface area contributed by atoms with E-state index in [1.54, 1.807) is 24.3 Å². The second-order valence-electron chi connectivity index (χ2n) is 9.45. The number of ether oxygens (including phenoxy) is 1. The third-order valence-corrected chi connectivity index (χ3v) is 6.20. The van der Waals surface area contributed by atoms with Crippen LogP contribution in [0.25, 0.3) is 33.6 Å². The van der Waals surface area contributed by atoms with Gasteiger partial charge in [0.1, 0.15) is 17.9 Å². The van der Waals surface area contributed by atoms with E-state index in [0.717, 1.165) is 34.4 Å². The Morgan fingerprint density at radius 2 is 1.56 bits per heavy atom. The number of nitrogens with one attached hydrogen (secondary N) is 2. The van der Waals surface area contributed by atoms with E-state index in [2.05, 4.69) is 34.4 Å². The maximum Gasteiger partial charge on any atom is 0.337 e. The first kappa shape index (κ1) is 25.7. The first-order valence-electron chi connectivity index (χ1n) is 12.6. The lowest BCUT2D eigenvalue weighted by Gasteiger charge is -2.10. The number of carbonyl (C=O) groups is 2. The van der Waals surface area contributed by atoms with E-state index in [1.165, 1.54) is 13.4 Å². The number of benzene rings is 3. The zero-order chi connectivity index (χ0) is 27.4. The minimum absolute atomic E-state index is 0.288. The topological polar surface area (TPSA) is 106 Å². The predicted molar refractivity (Wildman–Crippen MR) is 152 cm³/mol. The highest BCUT2D eigenvalue weighted by atomic mass is 16.5. The molecule has 39 heavy (non-hydrogen) atoms. The predicted octanol–water partition coefficient (Wildman–Crippen LogP) is 6.66. The fraction of sp³-hybridized carbons (Fsp3) is 0.161. The average Bonchev–Trinajstić information content (AvgIpc) is 3.37. The van der Waals surface area contributed by atoms with Crippen molar-refractivity contribution in [2.24, 2.45) is 5.92 Å². The number of rotatable bonds is 8. The number of carbonyl (C=O) groups excluding carboxylic acids is 2. The third-order valence-electron chi connectivity index (χ3n) is 6.20. The number of hydrogen-bond acceptors (Lipinski definition) is 7. The molecule has 5 rings (SSSR count). The highest BCUT2D eigenvalue weighted by Crippen LogP contribution is 2.42. The highest BCUT2D eigenvalue weighted by molar-refractivity contribution is 6.07. The van der Waals surface area contributed by atoms with Crippen LogP contribution in [0.4, 0.5) is 11.5 Å². The van der Waals surface area contributed by atoms with Gasteiger partial charge < -0.3 is 19.8 Å². The monoisotopic (exact) mass is 520 g/mol. The lowest BCUT2D eigenvalue weighted by molar-refractivity contribution is 0.0600. The molecule has 3 aromatic carbocycles. The maximum absolute atomic E-state index is 12.8. The number of methoxy groups -OCH3 is 1. The summed E-state index contributed by atoms with van der Waals surface area (Å²) >= 11 is 0. The van der Waals surface area contributed by atoms with Gasteiger partial charge in [-0.3, -0.25) is 4.79 Å². The zero-order valence-corrected chi connectivity index (χ0v) is 21.9. The number of hydrogen-bond donors (Lipinski definition) is 2. The molecule has 0 spiro atoms. The molecular weight excluding hydrogens is 492 g/mol. The minimum Gasteiger partial charge on any atom is -0.465 e. The minimum atomic E-state index is -0.452. The van der Waals surface area contributed by atoms with E-state index >= 15 is 0 Å². The quantitative estimate of drug-likeness (QED) is 0.220. The maximum atomic E-state index is 12.8. The Kier molecular flexibility index (Phi) is 7.36. The molecule has 0 aliphatic heterocycles. The molecule has 5 aromatic rings. The molecule has 0 aliphatic carbocycles. The van der Waals surface area contributed by atoms with Crippen molar-refractivity contribution < 1.29 is 18.7 Å². The van der Waals surface area contributed by atoms with Crippen LogP contribution in [0.15, 0.2) is 89.6 Å². The number of amides is 1. The smallest absolute Gasteiger partial charge is 0.337 e. The molecule has 0 saturated carbocycles. The number of furan rings is 1. The third kappa shape index (κ3) is 5.50. The molecule has 2 aromatic heterocycles. The second-order valence-corrected chi connectivity index (χ2v) is 9.45. The molecule has 0 bridgehead atoms. The van der Waals surface area contributed by atoms with Crippen molar-refractivity contribution in [2.45, 2.75) is 13.8 Å². The normalized spacial score (nSPS) is 11.0. The van der Waals surface area contributed by atoms with Crippen molar-refractivity contribution >= 4 is 34.5 Å². The molecular formula is C31H28N4O4. The van der Waals surface area contributed by atoms with Gasteiger partial charge in [-0.15, -0.1) is 0 Å². The summed E-state index contributed by atoms with van der Waals surface area (Å²) in [6.45, 7) is 5.05. The Hall–Kier alpha value is -4.98. The van der Waals surface area contributed by atoms with Crippen LogP contribution in [-0.4, -0.2) is 35.5 Å². The SMILES string of the molecule is COC(=O)c1ccc(C(=O)Nc2ccc(-c3oc4ncnc(NCC(C)C)c4c3-c3ccccc3)cc2)cc1. The van der Waals surface area contributed by atoms with Crippen LogP contribution in [0.3, 0.4) is 0 Å². The van der Waals surface area contributed by atoms with E-state index < -0.39 is 5.97 Å². The summed E-state index contributed by atoms with van der Waals surface area (Å²) in [4.78, 5) is 33.3. The molecule has 0 fully saturated rings. The summed E-state index contributed by atoms with van der Waals surface area (Å²) in [5, 5.41) is 7.15. The first-order valence-corrected chi connectivity index (χ1v) is 12.6.